The van der Waals surface area contributed by atoms with E-state index in [-0.39, 0.29) is 5.28 Å². The third-order valence-corrected chi connectivity index (χ3v) is 2.70. The second-order valence-electron chi connectivity index (χ2n) is 3.86. The van der Waals surface area contributed by atoms with Crippen molar-refractivity contribution in [1.82, 2.24) is 19.9 Å². The lowest BCUT2D eigenvalue weighted by Crippen LogP contribution is -1.95. The number of hydrogen-bond acceptors (Lipinski definition) is 4. The Hall–Kier alpha value is -2.14. The molecule has 2 heterocycles. The van der Waals surface area contributed by atoms with E-state index >= 15 is 0 Å². The minimum atomic E-state index is 0.213. The highest BCUT2D eigenvalue weighted by Crippen LogP contribution is 2.24. The lowest BCUT2D eigenvalue weighted by Gasteiger charge is -2.05. The number of imidazole rings is 1. The van der Waals surface area contributed by atoms with E-state index in [1.54, 1.807) is 12.3 Å². The van der Waals surface area contributed by atoms with Crippen molar-refractivity contribution in [3.8, 4) is 0 Å². The third-order valence-electron chi connectivity index (χ3n) is 2.52. The van der Waals surface area contributed by atoms with Crippen LogP contribution in [-0.4, -0.2) is 19.9 Å². The van der Waals surface area contributed by atoms with Crippen molar-refractivity contribution >= 4 is 34.1 Å². The van der Waals surface area contributed by atoms with Crippen molar-refractivity contribution < 1.29 is 0 Å². The first-order chi connectivity index (χ1) is 8.72. The van der Waals surface area contributed by atoms with E-state index in [9.17, 15) is 0 Å². The summed E-state index contributed by atoms with van der Waals surface area (Å²) in [6.07, 6.45) is 1.60. The Bertz CT molecular complexity index is 707. The molecule has 0 amide bonds. The Morgan fingerprint density at radius 3 is 2.94 bits per heavy atom. The van der Waals surface area contributed by atoms with Crippen LogP contribution in [0.2, 0.25) is 5.28 Å². The number of hydrogen-bond donors (Lipinski definition) is 2. The highest BCUT2D eigenvalue weighted by molar-refractivity contribution is 6.28. The minimum absolute atomic E-state index is 0.213. The molecule has 1 aromatic carbocycles. The number of aromatic nitrogens is 4. The zero-order valence-electron chi connectivity index (χ0n) is 9.61. The molecule has 0 atom stereocenters. The zero-order chi connectivity index (χ0) is 12.5. The van der Waals surface area contributed by atoms with Crippen LogP contribution in [0, 0.1) is 6.92 Å². The molecule has 3 aromatic rings. The monoisotopic (exact) mass is 259 g/mol. The number of benzene rings is 1. The van der Waals surface area contributed by atoms with Gasteiger partial charge in [0.15, 0.2) is 0 Å². The molecule has 0 saturated carbocycles. The molecule has 0 aliphatic carbocycles. The summed E-state index contributed by atoms with van der Waals surface area (Å²) >= 11 is 5.75. The summed E-state index contributed by atoms with van der Waals surface area (Å²) in [5.74, 6) is 1.52. The van der Waals surface area contributed by atoms with Crippen molar-refractivity contribution in [3.63, 3.8) is 0 Å². The normalized spacial score (nSPS) is 10.8. The number of aromatic amines is 1. The van der Waals surface area contributed by atoms with Crippen LogP contribution in [0.5, 0.6) is 0 Å². The van der Waals surface area contributed by atoms with Crippen LogP contribution < -0.4 is 5.32 Å². The largest absolute Gasteiger partial charge is 0.342 e. The van der Waals surface area contributed by atoms with E-state index in [2.05, 4.69) is 25.3 Å². The van der Waals surface area contributed by atoms with Gasteiger partial charge in [0.1, 0.15) is 17.2 Å². The molecule has 0 spiro atoms. The van der Waals surface area contributed by atoms with Crippen LogP contribution in [-0.2, 0) is 0 Å². The Kier molecular flexibility index (Phi) is 2.60. The number of aryl methyl sites for hydroxylation is 1. The number of para-hydroxylation sites is 1. The molecule has 0 radical (unpaired) electrons. The molecule has 5 nitrogen and oxygen atoms in total. The summed E-state index contributed by atoms with van der Waals surface area (Å²) < 4.78 is 0. The summed E-state index contributed by atoms with van der Waals surface area (Å²) in [5.41, 5.74) is 2.74. The van der Waals surface area contributed by atoms with Crippen LogP contribution >= 0.6 is 11.6 Å². The molecule has 0 aliphatic heterocycles. The number of nitrogens with one attached hydrogen (secondary N) is 2. The molecule has 0 fully saturated rings. The fourth-order valence-corrected chi connectivity index (χ4v) is 1.95. The fourth-order valence-electron chi connectivity index (χ4n) is 1.80. The highest BCUT2D eigenvalue weighted by atomic mass is 35.5. The Balaban J connectivity index is 2.04. The van der Waals surface area contributed by atoms with Crippen LogP contribution in [0.4, 0.5) is 11.5 Å². The van der Waals surface area contributed by atoms with E-state index in [1.165, 1.54) is 0 Å². The first-order valence-electron chi connectivity index (χ1n) is 5.43. The molecule has 0 saturated heterocycles. The van der Waals surface area contributed by atoms with Crippen LogP contribution in [0.1, 0.15) is 5.82 Å². The molecule has 3 rings (SSSR count). The predicted molar refractivity (Wildman–Crippen MR) is 71.2 cm³/mol. The van der Waals surface area contributed by atoms with Gasteiger partial charge in [-0.2, -0.15) is 0 Å². The van der Waals surface area contributed by atoms with Crippen molar-refractivity contribution in [1.29, 1.82) is 0 Å². The second kappa shape index (κ2) is 4.27. The molecule has 2 aromatic heterocycles. The van der Waals surface area contributed by atoms with Gasteiger partial charge in [-0.1, -0.05) is 6.07 Å². The molecular weight excluding hydrogens is 250 g/mol. The van der Waals surface area contributed by atoms with Crippen molar-refractivity contribution in [3.05, 3.63) is 41.6 Å². The molecule has 90 valence electrons. The zero-order valence-corrected chi connectivity index (χ0v) is 10.4. The quantitative estimate of drug-likeness (QED) is 0.694. The molecule has 18 heavy (non-hydrogen) atoms. The lowest BCUT2D eigenvalue weighted by molar-refractivity contribution is 1.16. The van der Waals surface area contributed by atoms with E-state index in [0.717, 1.165) is 22.5 Å². The molecule has 6 heteroatoms. The van der Waals surface area contributed by atoms with Gasteiger partial charge >= 0.3 is 0 Å². The van der Waals surface area contributed by atoms with Gasteiger partial charge in [0.2, 0.25) is 5.28 Å². The molecule has 0 unspecified atom stereocenters. The smallest absolute Gasteiger partial charge is 0.224 e. The number of fused-ring (bicyclic) bond motifs is 1. The van der Waals surface area contributed by atoms with E-state index in [1.807, 2.05) is 25.1 Å². The number of anilines is 2. The standard InChI is InChI=1S/C12H10ClN5/c1-7-15-8-3-2-4-9(11(8)16-7)17-10-5-6-14-12(13)18-10/h2-6H,1H3,(H,15,16)(H,14,17,18). The maximum atomic E-state index is 5.75. The molecule has 0 aliphatic rings. The first-order valence-corrected chi connectivity index (χ1v) is 5.81. The summed E-state index contributed by atoms with van der Waals surface area (Å²) in [6, 6.07) is 7.63. The fraction of sp³-hybridized carbons (Fsp3) is 0.0833. The third kappa shape index (κ3) is 2.00. The van der Waals surface area contributed by atoms with E-state index in [4.69, 9.17) is 11.6 Å². The summed E-state index contributed by atoms with van der Waals surface area (Å²) in [6.45, 7) is 1.92. The van der Waals surface area contributed by atoms with Crippen LogP contribution in [0.15, 0.2) is 30.5 Å². The molecule has 2 N–H and O–H groups in total. The van der Waals surface area contributed by atoms with Gasteiger partial charge in [-0.05, 0) is 36.7 Å². The lowest BCUT2D eigenvalue weighted by atomic mass is 10.2. The first kappa shape index (κ1) is 11.0. The summed E-state index contributed by atoms with van der Waals surface area (Å²) in [7, 11) is 0. The maximum Gasteiger partial charge on any atom is 0.224 e. The maximum absolute atomic E-state index is 5.75. The number of H-pyrrole nitrogens is 1. The van der Waals surface area contributed by atoms with Gasteiger partial charge in [0.05, 0.1) is 11.2 Å². The second-order valence-corrected chi connectivity index (χ2v) is 4.20. The van der Waals surface area contributed by atoms with Gasteiger partial charge in [0.25, 0.3) is 0 Å². The number of nitrogens with zero attached hydrogens (tertiary/aromatic N) is 3. The average Bonchev–Trinajstić information content (AvgIpc) is 2.71. The average molecular weight is 260 g/mol. The highest BCUT2D eigenvalue weighted by Gasteiger charge is 2.06. The van der Waals surface area contributed by atoms with Crippen molar-refractivity contribution in [2.75, 3.05) is 5.32 Å². The van der Waals surface area contributed by atoms with E-state index < -0.39 is 0 Å². The van der Waals surface area contributed by atoms with E-state index in [0.29, 0.717) is 5.82 Å². The Labute approximate surface area is 108 Å². The van der Waals surface area contributed by atoms with Crippen molar-refractivity contribution in [2.24, 2.45) is 0 Å². The Morgan fingerprint density at radius 2 is 2.11 bits per heavy atom. The van der Waals surface area contributed by atoms with Crippen molar-refractivity contribution in [2.45, 2.75) is 6.92 Å². The summed E-state index contributed by atoms with van der Waals surface area (Å²) in [4.78, 5) is 15.6. The topological polar surface area (TPSA) is 66.5 Å². The molecule has 0 bridgehead atoms. The van der Waals surface area contributed by atoms with Crippen LogP contribution in [0.25, 0.3) is 11.0 Å². The number of rotatable bonds is 2. The van der Waals surface area contributed by atoms with Gasteiger partial charge in [0, 0.05) is 6.20 Å². The SMILES string of the molecule is Cc1nc2c(Nc3ccnc(Cl)n3)cccc2[nH]1. The Morgan fingerprint density at radius 1 is 1.22 bits per heavy atom. The summed E-state index contributed by atoms with van der Waals surface area (Å²) in [5, 5.41) is 3.40. The van der Waals surface area contributed by atoms with Gasteiger partial charge < -0.3 is 10.3 Å². The predicted octanol–water partition coefficient (Wildman–Crippen LogP) is 3.06. The van der Waals surface area contributed by atoms with Gasteiger partial charge in [-0.3, -0.25) is 0 Å². The van der Waals surface area contributed by atoms with Gasteiger partial charge in [-0.15, -0.1) is 0 Å². The minimum Gasteiger partial charge on any atom is -0.342 e. The molecular formula is C12H10ClN5. The van der Waals surface area contributed by atoms with Crippen LogP contribution in [0.3, 0.4) is 0 Å². The number of halogens is 1. The van der Waals surface area contributed by atoms with Gasteiger partial charge in [-0.25, -0.2) is 15.0 Å².